The number of para-hydroxylation sites is 5. The molecule has 2 atom stereocenters. The van der Waals surface area contributed by atoms with E-state index in [1.165, 1.54) is 88.6 Å². The van der Waals surface area contributed by atoms with E-state index in [-0.39, 0.29) is 0 Å². The van der Waals surface area contributed by atoms with Gasteiger partial charge in [-0.3, -0.25) is 0 Å². The van der Waals surface area contributed by atoms with Crippen LogP contribution in [0.3, 0.4) is 0 Å². The third-order valence-corrected chi connectivity index (χ3v) is 13.0. The van der Waals surface area contributed by atoms with E-state index in [2.05, 4.69) is 215 Å². The molecule has 8 aromatic carbocycles. The molecule has 2 unspecified atom stereocenters. The van der Waals surface area contributed by atoms with Gasteiger partial charge >= 0.3 is 0 Å². The summed E-state index contributed by atoms with van der Waals surface area (Å²) in [5.74, 6) is 0.941. The normalized spacial score (nSPS) is 16.0. The smallest absolute Gasteiger partial charge is 0.0541 e. The Kier molecular flexibility index (Phi) is 8.88. The van der Waals surface area contributed by atoms with Crippen molar-refractivity contribution < 1.29 is 0 Å². The average Bonchev–Trinajstić information content (AvgIpc) is 3.84. The second kappa shape index (κ2) is 14.8. The first-order valence-corrected chi connectivity index (χ1v) is 21.4. The Balaban J connectivity index is 0.981. The summed E-state index contributed by atoms with van der Waals surface area (Å²) in [4.78, 5) is 2.56. The highest BCUT2D eigenvalue weighted by Gasteiger charge is 2.26. The van der Waals surface area contributed by atoms with Crippen LogP contribution in [-0.2, 0) is 0 Å². The van der Waals surface area contributed by atoms with Crippen LogP contribution >= 0.6 is 0 Å². The van der Waals surface area contributed by atoms with Crippen LogP contribution in [0.15, 0.2) is 194 Å². The standard InChI is InChI=1S/C56H47N3/c1-2-39-35-40(18-16-34-57(44-19-5-3-6-20-44)52-27-12-9-24-47(39)52)41-17-15-23-46(36-41)59-54-29-14-11-26-49(54)51-38-43(31-33-56(51)59)42-30-32-55-50(37-42)48-25-10-13-28-53(48)58(55)45-21-7-4-8-22-45/h3-15,17,19-33,36-40H,2,16,18,34-35H2,1H3. The van der Waals surface area contributed by atoms with Gasteiger partial charge < -0.3 is 14.0 Å². The zero-order valence-corrected chi connectivity index (χ0v) is 33.5. The molecule has 3 nitrogen and oxygen atoms in total. The summed E-state index contributed by atoms with van der Waals surface area (Å²) in [6, 6.07) is 72.1. The second-order valence-electron chi connectivity index (χ2n) is 16.3. The molecule has 2 aromatic heterocycles. The van der Waals surface area contributed by atoms with Crippen molar-refractivity contribution in [3.8, 4) is 22.5 Å². The Morgan fingerprint density at radius 3 is 1.66 bits per heavy atom. The van der Waals surface area contributed by atoms with Gasteiger partial charge in [0.2, 0.25) is 0 Å². The first kappa shape index (κ1) is 35.3. The summed E-state index contributed by atoms with van der Waals surface area (Å²) in [6.45, 7) is 3.37. The minimum atomic E-state index is 0.464. The van der Waals surface area contributed by atoms with E-state index in [0.717, 1.165) is 32.2 Å². The van der Waals surface area contributed by atoms with Crippen LogP contribution in [0.1, 0.15) is 55.6 Å². The molecule has 0 fully saturated rings. The fraction of sp³-hybridized carbons (Fsp3) is 0.143. The van der Waals surface area contributed by atoms with Crippen molar-refractivity contribution in [3.63, 3.8) is 0 Å². The molecule has 0 saturated carbocycles. The van der Waals surface area contributed by atoms with Crippen molar-refractivity contribution in [1.29, 1.82) is 0 Å². The molecule has 286 valence electrons. The van der Waals surface area contributed by atoms with Gasteiger partial charge in [0.1, 0.15) is 0 Å². The average molecular weight is 762 g/mol. The zero-order chi connectivity index (χ0) is 39.3. The Morgan fingerprint density at radius 2 is 1.00 bits per heavy atom. The van der Waals surface area contributed by atoms with Gasteiger partial charge in [-0.1, -0.05) is 122 Å². The fourth-order valence-electron chi connectivity index (χ4n) is 10.2. The van der Waals surface area contributed by atoms with Crippen LogP contribution < -0.4 is 4.90 Å². The Morgan fingerprint density at radius 1 is 0.458 bits per heavy atom. The summed E-state index contributed by atoms with van der Waals surface area (Å²) in [5, 5.41) is 5.10. The molecule has 1 aliphatic rings. The Hall–Kier alpha value is -6.84. The van der Waals surface area contributed by atoms with Crippen LogP contribution in [0.2, 0.25) is 0 Å². The van der Waals surface area contributed by atoms with Gasteiger partial charge in [0, 0.05) is 50.8 Å². The van der Waals surface area contributed by atoms with E-state index in [1.807, 2.05) is 0 Å². The number of hydrogen-bond acceptors (Lipinski definition) is 1. The number of anilines is 2. The molecule has 0 spiro atoms. The molecule has 11 rings (SSSR count). The van der Waals surface area contributed by atoms with Gasteiger partial charge in [-0.05, 0) is 139 Å². The van der Waals surface area contributed by atoms with E-state index in [9.17, 15) is 0 Å². The lowest BCUT2D eigenvalue weighted by Gasteiger charge is -2.29. The quantitative estimate of drug-likeness (QED) is 0.164. The molecule has 0 aliphatic carbocycles. The molecule has 0 saturated heterocycles. The number of fused-ring (bicyclic) bond motifs is 7. The summed E-state index contributed by atoms with van der Waals surface area (Å²) >= 11 is 0. The van der Waals surface area contributed by atoms with Crippen LogP contribution in [0.4, 0.5) is 11.4 Å². The molecule has 0 radical (unpaired) electrons. The molecule has 10 aromatic rings. The minimum absolute atomic E-state index is 0.464. The van der Waals surface area contributed by atoms with Crippen LogP contribution in [0.5, 0.6) is 0 Å². The zero-order valence-electron chi connectivity index (χ0n) is 33.5. The monoisotopic (exact) mass is 761 g/mol. The maximum atomic E-state index is 2.56. The predicted molar refractivity (Wildman–Crippen MR) is 250 cm³/mol. The predicted octanol–water partition coefficient (Wildman–Crippen LogP) is 15.1. The second-order valence-corrected chi connectivity index (χ2v) is 16.3. The molecule has 3 heteroatoms. The Bertz CT molecular complexity index is 3120. The van der Waals surface area contributed by atoms with E-state index >= 15 is 0 Å². The minimum Gasteiger partial charge on any atom is -0.341 e. The van der Waals surface area contributed by atoms with Crippen molar-refractivity contribution in [2.75, 3.05) is 11.4 Å². The van der Waals surface area contributed by atoms with Crippen LogP contribution in [-0.4, -0.2) is 15.7 Å². The molecule has 0 amide bonds. The number of benzene rings is 8. The SMILES string of the molecule is CCC1CC(c2cccc(-n3c4ccccc4c4cc(-c5ccc6c(c5)c5ccccc5n6-c5ccccc5)ccc43)c2)CCCN(c2ccccc2)c2ccccc21. The third-order valence-electron chi connectivity index (χ3n) is 13.0. The molecule has 0 bridgehead atoms. The molecule has 59 heavy (non-hydrogen) atoms. The lowest BCUT2D eigenvalue weighted by atomic mass is 9.81. The number of nitrogens with zero attached hydrogens (tertiary/aromatic N) is 3. The number of aromatic nitrogens is 2. The molecule has 1 aliphatic heterocycles. The van der Waals surface area contributed by atoms with Gasteiger partial charge in [0.05, 0.1) is 22.1 Å². The highest BCUT2D eigenvalue weighted by Crippen LogP contribution is 2.44. The van der Waals surface area contributed by atoms with E-state index in [1.54, 1.807) is 0 Å². The molecular weight excluding hydrogens is 715 g/mol. The Labute approximate surface area is 346 Å². The largest absolute Gasteiger partial charge is 0.341 e. The molecular formula is C56H47N3. The van der Waals surface area contributed by atoms with E-state index < -0.39 is 0 Å². The molecule has 3 heterocycles. The lowest BCUT2D eigenvalue weighted by Crippen LogP contribution is -2.19. The van der Waals surface area contributed by atoms with Crippen molar-refractivity contribution in [2.45, 2.75) is 44.4 Å². The van der Waals surface area contributed by atoms with E-state index in [4.69, 9.17) is 0 Å². The van der Waals surface area contributed by atoms with Crippen LogP contribution in [0.25, 0.3) is 66.1 Å². The topological polar surface area (TPSA) is 13.1 Å². The number of rotatable bonds is 6. The van der Waals surface area contributed by atoms with Gasteiger partial charge in [-0.15, -0.1) is 0 Å². The van der Waals surface area contributed by atoms with Crippen LogP contribution in [0, 0.1) is 0 Å². The lowest BCUT2D eigenvalue weighted by molar-refractivity contribution is 0.492. The molecule has 0 N–H and O–H groups in total. The van der Waals surface area contributed by atoms with Crippen molar-refractivity contribution in [3.05, 3.63) is 205 Å². The van der Waals surface area contributed by atoms with Crippen molar-refractivity contribution >= 4 is 55.0 Å². The summed E-state index contributed by atoms with van der Waals surface area (Å²) in [6.07, 6.45) is 4.55. The summed E-state index contributed by atoms with van der Waals surface area (Å²) < 4.78 is 4.88. The van der Waals surface area contributed by atoms with Gasteiger partial charge in [-0.2, -0.15) is 0 Å². The summed E-state index contributed by atoms with van der Waals surface area (Å²) in [7, 11) is 0. The van der Waals surface area contributed by atoms with E-state index in [0.29, 0.717) is 11.8 Å². The highest BCUT2D eigenvalue weighted by molar-refractivity contribution is 6.12. The maximum Gasteiger partial charge on any atom is 0.0541 e. The van der Waals surface area contributed by atoms with Gasteiger partial charge in [-0.25, -0.2) is 0 Å². The van der Waals surface area contributed by atoms with Gasteiger partial charge in [0.15, 0.2) is 0 Å². The maximum absolute atomic E-state index is 2.56. The number of hydrogen-bond donors (Lipinski definition) is 0. The summed E-state index contributed by atoms with van der Waals surface area (Å²) in [5.41, 5.74) is 15.4. The highest BCUT2D eigenvalue weighted by atomic mass is 15.1. The van der Waals surface area contributed by atoms with Crippen molar-refractivity contribution in [2.24, 2.45) is 0 Å². The fourth-order valence-corrected chi connectivity index (χ4v) is 10.2. The van der Waals surface area contributed by atoms with Crippen molar-refractivity contribution in [1.82, 2.24) is 9.13 Å². The van der Waals surface area contributed by atoms with Gasteiger partial charge in [0.25, 0.3) is 0 Å². The first-order valence-electron chi connectivity index (χ1n) is 21.4. The first-order chi connectivity index (χ1) is 29.2. The third kappa shape index (κ3) is 6.12.